The molecule has 0 aliphatic carbocycles. The molecule has 1 heterocycles. The van der Waals surface area contributed by atoms with E-state index in [-0.39, 0.29) is 12.4 Å². The number of carbonyl (C=O) groups is 1. The van der Waals surface area contributed by atoms with Crippen LogP contribution in [0.5, 0.6) is 11.5 Å². The number of nitriles is 1. The first-order valence-electron chi connectivity index (χ1n) is 6.29. The molecule has 7 nitrogen and oxygen atoms in total. The largest absolute Gasteiger partial charge is 0.493 e. The third-order valence-corrected chi connectivity index (χ3v) is 2.60. The molecule has 0 saturated heterocycles. The predicted molar refractivity (Wildman–Crippen MR) is 77.9 cm³/mol. The Bertz CT molecular complexity index is 702. The van der Waals surface area contributed by atoms with E-state index in [2.05, 4.69) is 10.5 Å². The first-order chi connectivity index (χ1) is 10.7. The number of nitrogens with zero attached hydrogens (tertiary/aromatic N) is 2. The molecule has 0 aliphatic rings. The van der Waals surface area contributed by atoms with Crippen LogP contribution >= 0.6 is 0 Å². The Labute approximate surface area is 126 Å². The molecule has 0 atom stereocenters. The van der Waals surface area contributed by atoms with Crippen LogP contribution in [0.4, 0.5) is 0 Å². The third-order valence-electron chi connectivity index (χ3n) is 2.60. The predicted octanol–water partition coefficient (Wildman–Crippen LogP) is 1.95. The van der Waals surface area contributed by atoms with Gasteiger partial charge in [-0.3, -0.25) is 4.79 Å². The van der Waals surface area contributed by atoms with Crippen molar-refractivity contribution in [2.45, 2.75) is 0 Å². The lowest BCUT2D eigenvalue weighted by Crippen LogP contribution is -2.16. The number of furan rings is 1. The third kappa shape index (κ3) is 3.86. The van der Waals surface area contributed by atoms with Gasteiger partial charge in [-0.05, 0) is 35.9 Å². The zero-order chi connectivity index (χ0) is 15.8. The number of carbonyl (C=O) groups excluding carboxylic acids is 1. The van der Waals surface area contributed by atoms with E-state index in [9.17, 15) is 4.79 Å². The van der Waals surface area contributed by atoms with Crippen LogP contribution in [0.2, 0.25) is 0 Å². The Morgan fingerprint density at radius 3 is 3.00 bits per heavy atom. The first-order valence-corrected chi connectivity index (χ1v) is 6.29. The second kappa shape index (κ2) is 7.50. The quantitative estimate of drug-likeness (QED) is 0.649. The van der Waals surface area contributed by atoms with Crippen LogP contribution in [0.1, 0.15) is 16.1 Å². The van der Waals surface area contributed by atoms with Crippen molar-refractivity contribution in [3.63, 3.8) is 0 Å². The van der Waals surface area contributed by atoms with Crippen molar-refractivity contribution in [2.75, 3.05) is 13.7 Å². The summed E-state index contributed by atoms with van der Waals surface area (Å²) in [6.07, 6.45) is 2.86. The number of benzene rings is 1. The molecule has 2 rings (SSSR count). The minimum Gasteiger partial charge on any atom is -0.493 e. The lowest BCUT2D eigenvalue weighted by molar-refractivity contribution is 0.0927. The summed E-state index contributed by atoms with van der Waals surface area (Å²) in [5.74, 6) is 0.662. The average Bonchev–Trinajstić information content (AvgIpc) is 3.07. The molecule has 1 aromatic carbocycles. The van der Waals surface area contributed by atoms with Crippen molar-refractivity contribution in [2.24, 2.45) is 5.10 Å². The summed E-state index contributed by atoms with van der Waals surface area (Å²) in [5.41, 5.74) is 3.04. The van der Waals surface area contributed by atoms with Gasteiger partial charge in [0.25, 0.3) is 0 Å². The normalized spacial score (nSPS) is 10.2. The lowest BCUT2D eigenvalue weighted by atomic mass is 10.2. The molecule has 0 fully saturated rings. The SMILES string of the molecule is COc1cc(/C=N\NC(=O)c2ccco2)ccc1OCC#N. The van der Waals surface area contributed by atoms with E-state index >= 15 is 0 Å². The minimum atomic E-state index is -0.442. The Kier molecular flexibility index (Phi) is 5.15. The van der Waals surface area contributed by atoms with Gasteiger partial charge in [-0.25, -0.2) is 5.43 Å². The number of rotatable bonds is 6. The zero-order valence-electron chi connectivity index (χ0n) is 11.8. The lowest BCUT2D eigenvalue weighted by Gasteiger charge is -2.08. The molecule has 0 radical (unpaired) electrons. The van der Waals surface area contributed by atoms with E-state index in [0.29, 0.717) is 17.1 Å². The van der Waals surface area contributed by atoms with Crippen molar-refractivity contribution in [3.8, 4) is 17.6 Å². The molecule has 0 unspecified atom stereocenters. The molecule has 2 aromatic rings. The number of amides is 1. The molecule has 0 aliphatic heterocycles. The van der Waals surface area contributed by atoms with E-state index < -0.39 is 5.91 Å². The van der Waals surface area contributed by atoms with Gasteiger partial charge < -0.3 is 13.9 Å². The number of hydrogen-bond donors (Lipinski definition) is 1. The number of hydrogen-bond acceptors (Lipinski definition) is 6. The maximum absolute atomic E-state index is 11.6. The molecular formula is C15H13N3O4. The van der Waals surface area contributed by atoms with Gasteiger partial charge >= 0.3 is 5.91 Å². The van der Waals surface area contributed by atoms with Gasteiger partial charge in [-0.15, -0.1) is 0 Å². The highest BCUT2D eigenvalue weighted by atomic mass is 16.5. The van der Waals surface area contributed by atoms with Crippen molar-refractivity contribution in [1.29, 1.82) is 5.26 Å². The van der Waals surface area contributed by atoms with Gasteiger partial charge in [-0.1, -0.05) is 0 Å². The Morgan fingerprint density at radius 2 is 2.32 bits per heavy atom. The van der Waals surface area contributed by atoms with Crippen LogP contribution in [0.15, 0.2) is 46.1 Å². The van der Waals surface area contributed by atoms with Crippen LogP contribution < -0.4 is 14.9 Å². The van der Waals surface area contributed by atoms with E-state index in [1.54, 1.807) is 24.3 Å². The summed E-state index contributed by atoms with van der Waals surface area (Å²) in [7, 11) is 1.49. The molecular weight excluding hydrogens is 286 g/mol. The second-order valence-corrected chi connectivity index (χ2v) is 4.03. The molecule has 1 aromatic heterocycles. The number of hydrazone groups is 1. The monoisotopic (exact) mass is 299 g/mol. The summed E-state index contributed by atoms with van der Waals surface area (Å²) >= 11 is 0. The first kappa shape index (κ1) is 15.1. The fraction of sp³-hybridized carbons (Fsp3) is 0.133. The Morgan fingerprint density at radius 1 is 1.45 bits per heavy atom. The molecule has 1 N–H and O–H groups in total. The fourth-order valence-corrected chi connectivity index (χ4v) is 1.62. The van der Waals surface area contributed by atoms with E-state index in [1.165, 1.54) is 25.7 Å². The maximum Gasteiger partial charge on any atom is 0.307 e. The highest BCUT2D eigenvalue weighted by molar-refractivity contribution is 5.92. The number of ether oxygens (including phenoxy) is 2. The minimum absolute atomic E-state index is 0.0665. The number of methoxy groups -OCH3 is 1. The van der Waals surface area contributed by atoms with Gasteiger partial charge in [0.1, 0.15) is 6.07 Å². The second-order valence-electron chi connectivity index (χ2n) is 4.03. The summed E-state index contributed by atoms with van der Waals surface area (Å²) in [5, 5.41) is 12.3. The van der Waals surface area contributed by atoms with Crippen molar-refractivity contribution in [3.05, 3.63) is 47.9 Å². The van der Waals surface area contributed by atoms with E-state index in [1.807, 2.05) is 6.07 Å². The van der Waals surface area contributed by atoms with E-state index in [0.717, 1.165) is 0 Å². The van der Waals surface area contributed by atoms with Gasteiger partial charge in [0.15, 0.2) is 23.9 Å². The Balaban J connectivity index is 2.02. The summed E-state index contributed by atoms with van der Waals surface area (Å²) < 4.78 is 15.3. The molecule has 112 valence electrons. The van der Waals surface area contributed by atoms with Crippen LogP contribution in [0.3, 0.4) is 0 Å². The highest BCUT2D eigenvalue weighted by Gasteiger charge is 2.07. The maximum atomic E-state index is 11.6. The summed E-state index contributed by atoms with van der Waals surface area (Å²) in [6, 6.07) is 10.1. The van der Waals surface area contributed by atoms with Crippen LogP contribution in [0, 0.1) is 11.3 Å². The standard InChI is InChI=1S/C15H13N3O4/c1-20-14-9-11(4-5-12(14)22-8-6-16)10-17-18-15(19)13-3-2-7-21-13/h2-5,7,9-10H,8H2,1H3,(H,18,19)/b17-10-. The fourth-order valence-electron chi connectivity index (χ4n) is 1.62. The van der Waals surface area contributed by atoms with Crippen molar-refractivity contribution >= 4 is 12.1 Å². The molecule has 0 bridgehead atoms. The van der Waals surface area contributed by atoms with Gasteiger partial charge in [0.2, 0.25) is 0 Å². The molecule has 7 heteroatoms. The van der Waals surface area contributed by atoms with Gasteiger partial charge in [-0.2, -0.15) is 10.4 Å². The molecule has 0 saturated carbocycles. The Hall–Kier alpha value is -3.27. The smallest absolute Gasteiger partial charge is 0.307 e. The van der Waals surface area contributed by atoms with E-state index in [4.69, 9.17) is 19.2 Å². The number of nitrogens with one attached hydrogen (secondary N) is 1. The van der Waals surface area contributed by atoms with Crippen molar-refractivity contribution in [1.82, 2.24) is 5.43 Å². The zero-order valence-corrected chi connectivity index (χ0v) is 11.8. The molecule has 22 heavy (non-hydrogen) atoms. The summed E-state index contributed by atoms with van der Waals surface area (Å²) in [6.45, 7) is -0.0665. The summed E-state index contributed by atoms with van der Waals surface area (Å²) in [4.78, 5) is 11.6. The van der Waals surface area contributed by atoms with Gasteiger partial charge in [0.05, 0.1) is 19.6 Å². The van der Waals surface area contributed by atoms with Crippen LogP contribution in [-0.4, -0.2) is 25.8 Å². The molecule has 0 spiro atoms. The topological polar surface area (TPSA) is 96.8 Å². The van der Waals surface area contributed by atoms with Gasteiger partial charge in [0, 0.05) is 0 Å². The highest BCUT2D eigenvalue weighted by Crippen LogP contribution is 2.27. The van der Waals surface area contributed by atoms with Crippen LogP contribution in [0.25, 0.3) is 0 Å². The molecule has 1 amide bonds. The van der Waals surface area contributed by atoms with Crippen LogP contribution in [-0.2, 0) is 0 Å². The van der Waals surface area contributed by atoms with Crippen molar-refractivity contribution < 1.29 is 18.7 Å². The average molecular weight is 299 g/mol.